The van der Waals surface area contributed by atoms with Gasteiger partial charge in [-0.25, -0.2) is 4.79 Å². The third-order valence-electron chi connectivity index (χ3n) is 2.92. The van der Waals surface area contributed by atoms with Gasteiger partial charge in [-0.05, 0) is 0 Å². The molecule has 1 aliphatic rings. The molecule has 1 aromatic heterocycles. The fourth-order valence-electron chi connectivity index (χ4n) is 1.89. The Labute approximate surface area is 114 Å². The van der Waals surface area contributed by atoms with E-state index in [1.807, 2.05) is 0 Å². The maximum Gasteiger partial charge on any atom is 0.315 e. The average molecular weight is 284 g/mol. The summed E-state index contributed by atoms with van der Waals surface area (Å²) in [4.78, 5) is 26.5. The van der Waals surface area contributed by atoms with Gasteiger partial charge < -0.3 is 25.0 Å². The van der Waals surface area contributed by atoms with Crippen molar-refractivity contribution in [1.29, 1.82) is 0 Å². The summed E-state index contributed by atoms with van der Waals surface area (Å²) >= 11 is 0. The first-order chi connectivity index (χ1) is 9.56. The Kier molecular flexibility index (Phi) is 4.51. The van der Waals surface area contributed by atoms with Crippen LogP contribution in [0.25, 0.3) is 0 Å². The predicted octanol–water partition coefficient (Wildman–Crippen LogP) is -0.681. The lowest BCUT2D eigenvalue weighted by molar-refractivity contribution is -0.142. The van der Waals surface area contributed by atoms with E-state index in [4.69, 9.17) is 14.4 Å². The third kappa shape index (κ3) is 3.67. The standard InChI is InChI=1S/C11H16N4O5/c1-6-13-9(15-20-6)2-3-12-11(18)14-8-5-19-4-7(8)10(16)17/h7-8H,2-5H2,1H3,(H,16,17)(H2,12,14,18). The van der Waals surface area contributed by atoms with Gasteiger partial charge >= 0.3 is 12.0 Å². The highest BCUT2D eigenvalue weighted by Crippen LogP contribution is 2.13. The monoisotopic (exact) mass is 284 g/mol. The summed E-state index contributed by atoms with van der Waals surface area (Å²) in [5, 5.41) is 17.8. The molecule has 3 N–H and O–H groups in total. The zero-order chi connectivity index (χ0) is 14.5. The molecule has 2 rings (SSSR count). The minimum absolute atomic E-state index is 0.114. The number of carbonyl (C=O) groups excluding carboxylic acids is 1. The molecule has 1 aromatic rings. The Balaban J connectivity index is 1.71. The van der Waals surface area contributed by atoms with Crippen molar-refractivity contribution >= 4 is 12.0 Å². The zero-order valence-electron chi connectivity index (χ0n) is 11.0. The van der Waals surface area contributed by atoms with Crippen molar-refractivity contribution in [2.24, 2.45) is 5.92 Å². The van der Waals surface area contributed by atoms with E-state index in [9.17, 15) is 9.59 Å². The summed E-state index contributed by atoms with van der Waals surface area (Å²) in [6.45, 7) is 2.33. The maximum absolute atomic E-state index is 11.6. The van der Waals surface area contributed by atoms with Gasteiger partial charge in [0.25, 0.3) is 0 Å². The number of aromatic nitrogens is 2. The van der Waals surface area contributed by atoms with E-state index in [-0.39, 0.29) is 13.2 Å². The van der Waals surface area contributed by atoms with Crippen LogP contribution >= 0.6 is 0 Å². The van der Waals surface area contributed by atoms with Gasteiger partial charge in [0.1, 0.15) is 5.92 Å². The quantitative estimate of drug-likeness (QED) is 0.653. The van der Waals surface area contributed by atoms with Crippen LogP contribution in [0.2, 0.25) is 0 Å². The number of carbonyl (C=O) groups is 2. The Bertz CT molecular complexity index is 489. The highest BCUT2D eigenvalue weighted by Gasteiger charge is 2.34. The molecule has 1 fully saturated rings. The van der Waals surface area contributed by atoms with Crippen LogP contribution in [-0.2, 0) is 16.0 Å². The summed E-state index contributed by atoms with van der Waals surface area (Å²) in [6.07, 6.45) is 0.439. The number of hydrogen-bond acceptors (Lipinski definition) is 6. The van der Waals surface area contributed by atoms with E-state index in [1.165, 1.54) is 0 Å². The molecule has 20 heavy (non-hydrogen) atoms. The fraction of sp³-hybridized carbons (Fsp3) is 0.636. The Morgan fingerprint density at radius 3 is 2.90 bits per heavy atom. The zero-order valence-corrected chi connectivity index (χ0v) is 11.0. The third-order valence-corrected chi connectivity index (χ3v) is 2.92. The van der Waals surface area contributed by atoms with Gasteiger partial charge in [-0.3, -0.25) is 4.79 Å². The van der Waals surface area contributed by atoms with E-state index in [2.05, 4.69) is 20.8 Å². The maximum atomic E-state index is 11.6. The Hall–Kier alpha value is -2.16. The Morgan fingerprint density at radius 1 is 1.45 bits per heavy atom. The summed E-state index contributed by atoms with van der Waals surface area (Å²) < 4.78 is 9.85. The fourth-order valence-corrected chi connectivity index (χ4v) is 1.89. The van der Waals surface area contributed by atoms with Crippen LogP contribution in [0.4, 0.5) is 4.79 Å². The number of ether oxygens (including phenoxy) is 1. The number of aliphatic carboxylic acids is 1. The van der Waals surface area contributed by atoms with Gasteiger partial charge in [0, 0.05) is 19.9 Å². The molecule has 0 saturated carbocycles. The van der Waals surface area contributed by atoms with Gasteiger partial charge in [0.05, 0.1) is 19.3 Å². The summed E-state index contributed by atoms with van der Waals surface area (Å²) in [7, 11) is 0. The van der Waals surface area contributed by atoms with E-state index < -0.39 is 24.0 Å². The van der Waals surface area contributed by atoms with Crippen molar-refractivity contribution in [3.63, 3.8) is 0 Å². The van der Waals surface area contributed by atoms with Crippen LogP contribution in [0, 0.1) is 12.8 Å². The topological polar surface area (TPSA) is 127 Å². The molecule has 1 saturated heterocycles. The van der Waals surface area contributed by atoms with Gasteiger partial charge in [-0.1, -0.05) is 5.16 Å². The van der Waals surface area contributed by atoms with Crippen LogP contribution in [0.15, 0.2) is 4.52 Å². The number of nitrogens with one attached hydrogen (secondary N) is 2. The molecule has 9 heteroatoms. The van der Waals surface area contributed by atoms with Gasteiger partial charge in [-0.15, -0.1) is 0 Å². The second-order valence-corrected chi connectivity index (χ2v) is 4.47. The van der Waals surface area contributed by atoms with Crippen molar-refractivity contribution in [2.45, 2.75) is 19.4 Å². The number of carboxylic acid groups (broad SMARTS) is 1. The molecule has 0 bridgehead atoms. The van der Waals surface area contributed by atoms with Crippen LogP contribution in [-0.4, -0.2) is 53.0 Å². The van der Waals surface area contributed by atoms with Crippen LogP contribution < -0.4 is 10.6 Å². The minimum atomic E-state index is -0.977. The summed E-state index contributed by atoms with van der Waals surface area (Å²) in [6, 6.07) is -0.952. The van der Waals surface area contributed by atoms with Gasteiger partial charge in [0.15, 0.2) is 5.82 Å². The molecule has 0 spiro atoms. The molecule has 2 unspecified atom stereocenters. The van der Waals surface area contributed by atoms with E-state index in [0.29, 0.717) is 24.7 Å². The molecule has 0 aromatic carbocycles. The van der Waals surface area contributed by atoms with Gasteiger partial charge in [0.2, 0.25) is 5.89 Å². The number of amides is 2. The second kappa shape index (κ2) is 6.33. The molecular weight excluding hydrogens is 268 g/mol. The average Bonchev–Trinajstić information content (AvgIpc) is 2.98. The smallest absolute Gasteiger partial charge is 0.315 e. The number of urea groups is 1. The largest absolute Gasteiger partial charge is 0.481 e. The van der Waals surface area contributed by atoms with Crippen LogP contribution in [0.5, 0.6) is 0 Å². The second-order valence-electron chi connectivity index (χ2n) is 4.47. The van der Waals surface area contributed by atoms with Crippen LogP contribution in [0.3, 0.4) is 0 Å². The summed E-state index contributed by atoms with van der Waals surface area (Å²) in [5.41, 5.74) is 0. The predicted molar refractivity (Wildman–Crippen MR) is 65.0 cm³/mol. The molecule has 0 radical (unpaired) electrons. The first kappa shape index (κ1) is 14.3. The van der Waals surface area contributed by atoms with E-state index in [1.54, 1.807) is 6.92 Å². The Morgan fingerprint density at radius 2 is 2.25 bits per heavy atom. The highest BCUT2D eigenvalue weighted by molar-refractivity contribution is 5.77. The number of aryl methyl sites for hydroxylation is 1. The molecule has 1 aliphatic heterocycles. The first-order valence-electron chi connectivity index (χ1n) is 6.20. The molecule has 0 aliphatic carbocycles. The molecule has 2 amide bonds. The number of rotatable bonds is 5. The van der Waals surface area contributed by atoms with Crippen LogP contribution in [0.1, 0.15) is 11.7 Å². The van der Waals surface area contributed by atoms with Crippen molar-refractivity contribution in [3.8, 4) is 0 Å². The summed E-state index contributed by atoms with van der Waals surface area (Å²) in [5.74, 6) is -0.706. The van der Waals surface area contributed by atoms with Crippen molar-refractivity contribution < 1.29 is 24.0 Å². The lowest BCUT2D eigenvalue weighted by Gasteiger charge is -2.15. The van der Waals surface area contributed by atoms with Crippen molar-refractivity contribution in [1.82, 2.24) is 20.8 Å². The SMILES string of the molecule is Cc1nc(CCNC(=O)NC2COCC2C(=O)O)no1. The van der Waals surface area contributed by atoms with E-state index >= 15 is 0 Å². The lowest BCUT2D eigenvalue weighted by atomic mass is 10.0. The molecule has 2 atom stereocenters. The number of hydrogen-bond donors (Lipinski definition) is 3. The first-order valence-corrected chi connectivity index (χ1v) is 6.20. The van der Waals surface area contributed by atoms with Crippen molar-refractivity contribution in [2.75, 3.05) is 19.8 Å². The highest BCUT2D eigenvalue weighted by atomic mass is 16.5. The molecule has 9 nitrogen and oxygen atoms in total. The normalized spacial score (nSPS) is 21.6. The van der Waals surface area contributed by atoms with Gasteiger partial charge in [-0.2, -0.15) is 4.98 Å². The molecule has 2 heterocycles. The van der Waals surface area contributed by atoms with E-state index in [0.717, 1.165) is 0 Å². The number of carboxylic acids is 1. The minimum Gasteiger partial charge on any atom is -0.481 e. The van der Waals surface area contributed by atoms with Crippen molar-refractivity contribution in [3.05, 3.63) is 11.7 Å². The molecular formula is C11H16N4O5. The molecule has 110 valence electrons. The lowest BCUT2D eigenvalue weighted by Crippen LogP contribution is -2.47. The number of nitrogens with zero attached hydrogens (tertiary/aromatic N) is 2.